The average molecular weight is 284 g/mol. The van der Waals surface area contributed by atoms with Crippen molar-refractivity contribution in [3.63, 3.8) is 0 Å². The van der Waals surface area contributed by atoms with Gasteiger partial charge in [-0.05, 0) is 30.8 Å². The maximum atomic E-state index is 13.8. The van der Waals surface area contributed by atoms with Crippen LogP contribution < -0.4 is 0 Å². The second-order valence-corrected chi connectivity index (χ2v) is 4.65. The number of fused-ring (bicyclic) bond motifs is 1. The zero-order chi connectivity index (χ0) is 13.8. The highest BCUT2D eigenvalue weighted by Gasteiger charge is 2.10. The molecule has 1 N–H and O–H groups in total. The fourth-order valence-electron chi connectivity index (χ4n) is 2.14. The first-order valence-electron chi connectivity index (χ1n) is 6.10. The number of rotatable bonds is 6. The van der Waals surface area contributed by atoms with Crippen LogP contribution in [0.5, 0.6) is 0 Å². The fraction of sp³-hybridized carbons (Fsp3) is 0.462. The molecule has 0 amide bonds. The summed E-state index contributed by atoms with van der Waals surface area (Å²) >= 11 is 5.23. The van der Waals surface area contributed by atoms with Crippen molar-refractivity contribution < 1.29 is 13.9 Å². The number of methoxy groups -OCH3 is 2. The molecular formula is C13H17FN2O2S. The molecule has 0 saturated carbocycles. The van der Waals surface area contributed by atoms with Gasteiger partial charge in [-0.15, -0.1) is 0 Å². The summed E-state index contributed by atoms with van der Waals surface area (Å²) in [6, 6.07) is 4.92. The molecule has 104 valence electrons. The Labute approximate surface area is 116 Å². The number of ether oxygens (including phenoxy) is 2. The molecule has 6 heteroatoms. The molecule has 0 aliphatic heterocycles. The van der Waals surface area contributed by atoms with E-state index in [1.54, 1.807) is 24.9 Å². The van der Waals surface area contributed by atoms with Crippen LogP contribution in [0.1, 0.15) is 12.8 Å². The van der Waals surface area contributed by atoms with E-state index in [0.29, 0.717) is 16.8 Å². The van der Waals surface area contributed by atoms with Gasteiger partial charge in [-0.25, -0.2) is 4.39 Å². The summed E-state index contributed by atoms with van der Waals surface area (Å²) in [5.74, 6) is -0.264. The highest BCUT2D eigenvalue weighted by molar-refractivity contribution is 7.71. The highest BCUT2D eigenvalue weighted by atomic mass is 32.1. The normalized spacial score (nSPS) is 11.6. The predicted octanol–water partition coefficient (Wildman–Crippen LogP) is 3.24. The number of nitrogens with one attached hydrogen (secondary N) is 1. The van der Waals surface area contributed by atoms with Crippen LogP contribution in [0, 0.1) is 10.6 Å². The van der Waals surface area contributed by atoms with Gasteiger partial charge in [-0.2, -0.15) is 0 Å². The summed E-state index contributed by atoms with van der Waals surface area (Å²) < 4.78 is 26.4. The van der Waals surface area contributed by atoms with Gasteiger partial charge in [0.1, 0.15) is 11.3 Å². The van der Waals surface area contributed by atoms with Gasteiger partial charge in [0, 0.05) is 27.2 Å². The lowest BCUT2D eigenvalue weighted by Crippen LogP contribution is -2.13. The number of aromatic amines is 1. The quantitative estimate of drug-likeness (QED) is 0.654. The molecule has 19 heavy (non-hydrogen) atoms. The van der Waals surface area contributed by atoms with E-state index in [9.17, 15) is 4.39 Å². The van der Waals surface area contributed by atoms with Gasteiger partial charge in [0.05, 0.1) is 5.52 Å². The SMILES string of the molecule is COC(CCCn1c(=S)[nH]c2cccc(F)c21)OC. The lowest BCUT2D eigenvalue weighted by molar-refractivity contribution is -0.107. The van der Waals surface area contributed by atoms with Crippen molar-refractivity contribution >= 4 is 23.3 Å². The lowest BCUT2D eigenvalue weighted by atomic mass is 10.2. The molecule has 0 aliphatic rings. The molecule has 2 rings (SSSR count). The molecular weight excluding hydrogens is 267 g/mol. The van der Waals surface area contributed by atoms with Crippen LogP contribution in [0.2, 0.25) is 0 Å². The first-order valence-corrected chi connectivity index (χ1v) is 6.50. The molecule has 4 nitrogen and oxygen atoms in total. The second kappa shape index (κ2) is 6.27. The Morgan fingerprint density at radius 1 is 1.37 bits per heavy atom. The van der Waals surface area contributed by atoms with Crippen molar-refractivity contribution in [2.75, 3.05) is 14.2 Å². The number of nitrogens with zero attached hydrogens (tertiary/aromatic N) is 1. The summed E-state index contributed by atoms with van der Waals surface area (Å²) in [5.41, 5.74) is 1.25. The molecule has 0 fully saturated rings. The Morgan fingerprint density at radius 2 is 2.11 bits per heavy atom. The monoisotopic (exact) mass is 284 g/mol. The van der Waals surface area contributed by atoms with Gasteiger partial charge < -0.3 is 19.0 Å². The van der Waals surface area contributed by atoms with Crippen LogP contribution >= 0.6 is 12.2 Å². The maximum absolute atomic E-state index is 13.8. The summed E-state index contributed by atoms with van der Waals surface area (Å²) in [5, 5.41) is 0. The fourth-order valence-corrected chi connectivity index (χ4v) is 2.43. The number of imidazole rings is 1. The summed E-state index contributed by atoms with van der Waals surface area (Å²) in [4.78, 5) is 3.01. The Kier molecular flexibility index (Phi) is 4.68. The standard InChI is InChI=1S/C13H17FN2O2S/c1-17-11(18-2)7-4-8-16-12-9(14)5-3-6-10(12)15-13(16)19/h3,5-6,11H,4,7-8H2,1-2H3,(H,15,19). The minimum Gasteiger partial charge on any atom is -0.356 e. The molecule has 0 saturated heterocycles. The van der Waals surface area contributed by atoms with Crippen LogP contribution in [-0.2, 0) is 16.0 Å². The number of para-hydroxylation sites is 1. The smallest absolute Gasteiger partial charge is 0.178 e. The minimum atomic E-state index is -0.264. The van der Waals surface area contributed by atoms with E-state index in [2.05, 4.69) is 4.98 Å². The third kappa shape index (κ3) is 3.02. The van der Waals surface area contributed by atoms with Crippen molar-refractivity contribution in [3.8, 4) is 0 Å². The minimum absolute atomic E-state index is 0.232. The Balaban J connectivity index is 2.17. The zero-order valence-corrected chi connectivity index (χ0v) is 11.8. The van der Waals surface area contributed by atoms with E-state index in [1.807, 2.05) is 6.07 Å². The molecule has 0 spiro atoms. The predicted molar refractivity (Wildman–Crippen MR) is 74.1 cm³/mol. The van der Waals surface area contributed by atoms with Crippen molar-refractivity contribution in [1.82, 2.24) is 9.55 Å². The van der Waals surface area contributed by atoms with Gasteiger partial charge in [0.15, 0.2) is 11.1 Å². The van der Waals surface area contributed by atoms with E-state index in [4.69, 9.17) is 21.7 Å². The molecule has 0 radical (unpaired) electrons. The number of aryl methyl sites for hydroxylation is 1. The molecule has 0 atom stereocenters. The van der Waals surface area contributed by atoms with Crippen LogP contribution in [0.25, 0.3) is 11.0 Å². The van der Waals surface area contributed by atoms with Gasteiger partial charge in [0.25, 0.3) is 0 Å². The third-order valence-corrected chi connectivity index (χ3v) is 3.41. The summed E-state index contributed by atoms with van der Waals surface area (Å²) in [7, 11) is 3.20. The van der Waals surface area contributed by atoms with Gasteiger partial charge in [-0.1, -0.05) is 6.07 Å². The first-order chi connectivity index (χ1) is 9.17. The molecule has 0 bridgehead atoms. The summed E-state index contributed by atoms with van der Waals surface area (Å²) in [6.07, 6.45) is 1.29. The molecule has 1 heterocycles. The molecule has 1 aromatic carbocycles. The van der Waals surface area contributed by atoms with Crippen LogP contribution in [0.4, 0.5) is 4.39 Å². The largest absolute Gasteiger partial charge is 0.356 e. The Morgan fingerprint density at radius 3 is 2.79 bits per heavy atom. The second-order valence-electron chi connectivity index (χ2n) is 4.26. The number of halogens is 1. The first kappa shape index (κ1) is 14.2. The van der Waals surface area contributed by atoms with Gasteiger partial charge in [-0.3, -0.25) is 0 Å². The summed E-state index contributed by atoms with van der Waals surface area (Å²) in [6.45, 7) is 0.628. The van der Waals surface area contributed by atoms with Crippen molar-refractivity contribution in [2.45, 2.75) is 25.7 Å². The zero-order valence-electron chi connectivity index (χ0n) is 11.0. The molecule has 0 aliphatic carbocycles. The highest BCUT2D eigenvalue weighted by Crippen LogP contribution is 2.18. The van der Waals surface area contributed by atoms with E-state index >= 15 is 0 Å². The van der Waals surface area contributed by atoms with Crippen molar-refractivity contribution in [3.05, 3.63) is 28.8 Å². The Bertz CT molecular complexity index is 604. The number of benzene rings is 1. The number of hydrogen-bond acceptors (Lipinski definition) is 3. The number of H-pyrrole nitrogens is 1. The van der Waals surface area contributed by atoms with E-state index in [-0.39, 0.29) is 12.1 Å². The van der Waals surface area contributed by atoms with Crippen molar-refractivity contribution in [2.24, 2.45) is 0 Å². The van der Waals surface area contributed by atoms with Crippen molar-refractivity contribution in [1.29, 1.82) is 0 Å². The topological polar surface area (TPSA) is 39.2 Å². The maximum Gasteiger partial charge on any atom is 0.178 e. The number of aromatic nitrogens is 2. The van der Waals surface area contributed by atoms with E-state index < -0.39 is 0 Å². The van der Waals surface area contributed by atoms with Gasteiger partial charge >= 0.3 is 0 Å². The lowest BCUT2D eigenvalue weighted by Gasteiger charge is -2.13. The van der Waals surface area contributed by atoms with Gasteiger partial charge in [0.2, 0.25) is 0 Å². The third-order valence-electron chi connectivity index (χ3n) is 3.09. The van der Waals surface area contributed by atoms with Crippen LogP contribution in [0.15, 0.2) is 18.2 Å². The molecule has 1 aromatic heterocycles. The Hall–Kier alpha value is -1.24. The van der Waals surface area contributed by atoms with E-state index in [1.165, 1.54) is 6.07 Å². The van der Waals surface area contributed by atoms with Crippen LogP contribution in [-0.4, -0.2) is 30.1 Å². The molecule has 0 unspecified atom stereocenters. The average Bonchev–Trinajstić information content (AvgIpc) is 2.72. The van der Waals surface area contributed by atoms with E-state index in [0.717, 1.165) is 18.4 Å². The number of hydrogen-bond donors (Lipinski definition) is 1. The van der Waals surface area contributed by atoms with Crippen LogP contribution in [0.3, 0.4) is 0 Å². The molecule has 2 aromatic rings.